The number of carboxylic acids is 1. The first kappa shape index (κ1) is 11.1. The standard InChI is InChI=1S/C10H12N2O3S/c13-9(8-2-1-5-16-8)12-4-3-11-6-7(12)10(14)15/h1-2,5,7,11H,3-4,6H2,(H,14,15). The van der Waals surface area contributed by atoms with Gasteiger partial charge in [0.2, 0.25) is 0 Å². The van der Waals surface area contributed by atoms with Gasteiger partial charge in [-0.25, -0.2) is 4.79 Å². The van der Waals surface area contributed by atoms with Crippen LogP contribution in [0.2, 0.25) is 0 Å². The number of rotatable bonds is 2. The lowest BCUT2D eigenvalue weighted by Gasteiger charge is -2.33. The Bertz CT molecular complexity index is 391. The summed E-state index contributed by atoms with van der Waals surface area (Å²) in [5.74, 6) is -1.15. The Morgan fingerprint density at radius 1 is 1.56 bits per heavy atom. The van der Waals surface area contributed by atoms with Gasteiger partial charge in [-0.3, -0.25) is 4.79 Å². The normalized spacial score (nSPS) is 20.8. The van der Waals surface area contributed by atoms with Gasteiger partial charge in [-0.1, -0.05) is 6.07 Å². The van der Waals surface area contributed by atoms with Gasteiger partial charge in [0.15, 0.2) is 0 Å². The van der Waals surface area contributed by atoms with Gasteiger partial charge in [-0.2, -0.15) is 0 Å². The molecule has 1 atom stereocenters. The van der Waals surface area contributed by atoms with Gasteiger partial charge in [-0.05, 0) is 11.4 Å². The van der Waals surface area contributed by atoms with Crippen molar-refractivity contribution in [2.24, 2.45) is 0 Å². The Balaban J connectivity index is 2.17. The van der Waals surface area contributed by atoms with Crippen LogP contribution in [0.4, 0.5) is 0 Å². The molecule has 1 aromatic rings. The SMILES string of the molecule is O=C(O)C1CNCCN1C(=O)c1cccs1. The van der Waals surface area contributed by atoms with E-state index in [0.717, 1.165) is 0 Å². The summed E-state index contributed by atoms with van der Waals surface area (Å²) in [5.41, 5.74) is 0. The van der Waals surface area contributed by atoms with Gasteiger partial charge in [-0.15, -0.1) is 11.3 Å². The minimum absolute atomic E-state index is 0.191. The van der Waals surface area contributed by atoms with Crippen LogP contribution in [-0.4, -0.2) is 47.6 Å². The summed E-state index contributed by atoms with van der Waals surface area (Å²) in [4.78, 5) is 25.0. The van der Waals surface area contributed by atoms with E-state index in [2.05, 4.69) is 5.32 Å². The number of thiophene rings is 1. The molecule has 0 spiro atoms. The minimum atomic E-state index is -0.961. The molecule has 5 nitrogen and oxygen atoms in total. The zero-order valence-electron chi connectivity index (χ0n) is 8.55. The van der Waals surface area contributed by atoms with Crippen LogP contribution in [0.1, 0.15) is 9.67 Å². The van der Waals surface area contributed by atoms with Gasteiger partial charge >= 0.3 is 5.97 Å². The zero-order chi connectivity index (χ0) is 11.5. The van der Waals surface area contributed by atoms with E-state index >= 15 is 0 Å². The first-order valence-electron chi connectivity index (χ1n) is 4.98. The maximum absolute atomic E-state index is 12.0. The van der Waals surface area contributed by atoms with Gasteiger partial charge in [0.1, 0.15) is 6.04 Å². The van der Waals surface area contributed by atoms with Crippen molar-refractivity contribution < 1.29 is 14.7 Å². The average Bonchev–Trinajstić information content (AvgIpc) is 2.81. The van der Waals surface area contributed by atoms with E-state index in [1.165, 1.54) is 16.2 Å². The van der Waals surface area contributed by atoms with Crippen molar-refractivity contribution in [3.63, 3.8) is 0 Å². The summed E-state index contributed by atoms with van der Waals surface area (Å²) in [7, 11) is 0. The Hall–Kier alpha value is -1.40. The molecule has 0 aromatic carbocycles. The summed E-state index contributed by atoms with van der Waals surface area (Å²) in [6.45, 7) is 1.39. The molecule has 1 amide bonds. The van der Waals surface area contributed by atoms with Crippen LogP contribution in [0.5, 0.6) is 0 Å². The summed E-state index contributed by atoms with van der Waals surface area (Å²) in [5, 5.41) is 13.8. The first-order chi connectivity index (χ1) is 7.70. The molecule has 16 heavy (non-hydrogen) atoms. The molecule has 1 fully saturated rings. The Kier molecular flexibility index (Phi) is 3.21. The predicted molar refractivity (Wildman–Crippen MR) is 59.6 cm³/mol. The Morgan fingerprint density at radius 2 is 2.38 bits per heavy atom. The topological polar surface area (TPSA) is 69.6 Å². The number of carbonyl (C=O) groups excluding carboxylic acids is 1. The molecule has 0 aliphatic carbocycles. The first-order valence-corrected chi connectivity index (χ1v) is 5.86. The zero-order valence-corrected chi connectivity index (χ0v) is 9.37. The summed E-state index contributed by atoms with van der Waals surface area (Å²) >= 11 is 1.33. The van der Waals surface area contributed by atoms with Crippen LogP contribution in [0, 0.1) is 0 Å². The molecule has 2 N–H and O–H groups in total. The minimum Gasteiger partial charge on any atom is -0.480 e. The van der Waals surface area contributed by atoms with E-state index in [1.807, 2.05) is 5.38 Å². The van der Waals surface area contributed by atoms with Crippen molar-refractivity contribution in [2.45, 2.75) is 6.04 Å². The molecule has 1 saturated heterocycles. The van der Waals surface area contributed by atoms with Gasteiger partial charge in [0, 0.05) is 19.6 Å². The van der Waals surface area contributed by atoms with E-state index < -0.39 is 12.0 Å². The number of amides is 1. The lowest BCUT2D eigenvalue weighted by Crippen LogP contribution is -2.56. The van der Waals surface area contributed by atoms with Crippen LogP contribution >= 0.6 is 11.3 Å². The number of hydrogen-bond acceptors (Lipinski definition) is 4. The largest absolute Gasteiger partial charge is 0.480 e. The Morgan fingerprint density at radius 3 is 3.00 bits per heavy atom. The third-order valence-corrected chi connectivity index (χ3v) is 3.38. The van der Waals surface area contributed by atoms with Crippen molar-refractivity contribution in [1.82, 2.24) is 10.2 Å². The highest BCUT2D eigenvalue weighted by molar-refractivity contribution is 7.12. The molecule has 2 rings (SSSR count). The van der Waals surface area contributed by atoms with Gasteiger partial charge in [0.05, 0.1) is 4.88 Å². The maximum atomic E-state index is 12.0. The second-order valence-electron chi connectivity index (χ2n) is 3.53. The lowest BCUT2D eigenvalue weighted by atomic mass is 10.2. The second-order valence-corrected chi connectivity index (χ2v) is 4.48. The smallest absolute Gasteiger partial charge is 0.327 e. The van der Waals surface area contributed by atoms with Gasteiger partial charge in [0.25, 0.3) is 5.91 Å². The molecule has 1 aliphatic rings. The number of nitrogens with zero attached hydrogens (tertiary/aromatic N) is 1. The predicted octanol–water partition coefficient (Wildman–Crippen LogP) is 0.247. The molecule has 1 aromatic heterocycles. The van der Waals surface area contributed by atoms with E-state index in [1.54, 1.807) is 12.1 Å². The monoisotopic (exact) mass is 240 g/mol. The number of aliphatic carboxylic acids is 1. The van der Waals surface area contributed by atoms with Crippen molar-refractivity contribution >= 4 is 23.2 Å². The highest BCUT2D eigenvalue weighted by Crippen LogP contribution is 2.15. The highest BCUT2D eigenvalue weighted by atomic mass is 32.1. The van der Waals surface area contributed by atoms with Crippen LogP contribution in [-0.2, 0) is 4.79 Å². The maximum Gasteiger partial charge on any atom is 0.327 e. The molecule has 0 bridgehead atoms. The van der Waals surface area contributed by atoms with Crippen LogP contribution in [0.15, 0.2) is 17.5 Å². The fourth-order valence-corrected chi connectivity index (χ4v) is 2.39. The fourth-order valence-electron chi connectivity index (χ4n) is 1.71. The van der Waals surface area contributed by atoms with Crippen LogP contribution in [0.3, 0.4) is 0 Å². The van der Waals surface area contributed by atoms with Crippen molar-refractivity contribution in [3.8, 4) is 0 Å². The number of carboxylic acid groups (broad SMARTS) is 1. The van der Waals surface area contributed by atoms with E-state index in [4.69, 9.17) is 5.11 Å². The molecule has 0 saturated carbocycles. The van der Waals surface area contributed by atoms with Crippen molar-refractivity contribution in [2.75, 3.05) is 19.6 Å². The molecule has 2 heterocycles. The van der Waals surface area contributed by atoms with Gasteiger partial charge < -0.3 is 15.3 Å². The molecule has 1 unspecified atom stereocenters. The van der Waals surface area contributed by atoms with Crippen LogP contribution < -0.4 is 5.32 Å². The number of hydrogen-bond donors (Lipinski definition) is 2. The third kappa shape index (κ3) is 2.07. The Labute approximate surface area is 96.7 Å². The number of carbonyl (C=O) groups is 2. The summed E-state index contributed by atoms with van der Waals surface area (Å²) in [6, 6.07) is 2.74. The molecule has 86 valence electrons. The van der Waals surface area contributed by atoms with Crippen molar-refractivity contribution in [3.05, 3.63) is 22.4 Å². The lowest BCUT2D eigenvalue weighted by molar-refractivity contribution is -0.142. The van der Waals surface area contributed by atoms with E-state index in [9.17, 15) is 9.59 Å². The van der Waals surface area contributed by atoms with Crippen molar-refractivity contribution in [1.29, 1.82) is 0 Å². The summed E-state index contributed by atoms with van der Waals surface area (Å²) < 4.78 is 0. The van der Waals surface area contributed by atoms with E-state index in [0.29, 0.717) is 24.5 Å². The number of piperazine rings is 1. The van der Waals surface area contributed by atoms with E-state index in [-0.39, 0.29) is 5.91 Å². The molecule has 0 radical (unpaired) electrons. The second kappa shape index (κ2) is 4.63. The highest BCUT2D eigenvalue weighted by Gasteiger charge is 2.32. The molecular weight excluding hydrogens is 228 g/mol. The third-order valence-electron chi connectivity index (χ3n) is 2.52. The quantitative estimate of drug-likeness (QED) is 0.777. The average molecular weight is 240 g/mol. The number of nitrogens with one attached hydrogen (secondary N) is 1. The van der Waals surface area contributed by atoms with Crippen LogP contribution in [0.25, 0.3) is 0 Å². The molecular formula is C10H12N2O3S. The molecule has 6 heteroatoms. The summed E-state index contributed by atoms with van der Waals surface area (Å²) in [6.07, 6.45) is 0. The molecule has 1 aliphatic heterocycles. The fraction of sp³-hybridized carbons (Fsp3) is 0.400.